The molecular formula is C34H46N10O6. The molecule has 0 saturated heterocycles. The Morgan fingerprint density at radius 3 is 2.00 bits per heavy atom. The van der Waals surface area contributed by atoms with Gasteiger partial charge in [-0.1, -0.05) is 54.6 Å². The molecule has 0 aliphatic rings. The summed E-state index contributed by atoms with van der Waals surface area (Å²) in [6.45, 7) is 1.87. The summed E-state index contributed by atoms with van der Waals surface area (Å²) in [7, 11) is 1.55. The molecule has 0 bridgehead atoms. The third-order valence-corrected chi connectivity index (χ3v) is 7.41. The number of hydrogen-bond donors (Lipinski definition) is 8. The van der Waals surface area contributed by atoms with E-state index in [1.807, 2.05) is 36.4 Å². The van der Waals surface area contributed by atoms with E-state index in [2.05, 4.69) is 31.3 Å². The van der Waals surface area contributed by atoms with Crippen LogP contribution in [0.25, 0.3) is 10.8 Å². The van der Waals surface area contributed by atoms with E-state index in [1.54, 1.807) is 37.4 Å². The Hall–Kier alpha value is -6.06. The summed E-state index contributed by atoms with van der Waals surface area (Å²) in [5.74, 6) is -1.70. The van der Waals surface area contributed by atoms with Crippen molar-refractivity contribution in [1.29, 1.82) is 0 Å². The van der Waals surface area contributed by atoms with Gasteiger partial charge in [0.15, 0.2) is 11.9 Å². The third-order valence-electron chi connectivity index (χ3n) is 7.41. The van der Waals surface area contributed by atoms with Crippen LogP contribution in [0.3, 0.4) is 0 Å². The number of amides is 4. The number of fused-ring (bicyclic) bond motifs is 1. The van der Waals surface area contributed by atoms with E-state index in [-0.39, 0.29) is 44.5 Å². The van der Waals surface area contributed by atoms with Crippen molar-refractivity contribution in [1.82, 2.24) is 16.0 Å². The number of anilines is 1. The first kappa shape index (κ1) is 38.4. The lowest BCUT2D eigenvalue weighted by atomic mass is 10.1. The van der Waals surface area contributed by atoms with Gasteiger partial charge in [-0.2, -0.15) is 0 Å². The minimum Gasteiger partial charge on any atom is -0.496 e. The fourth-order valence-electron chi connectivity index (χ4n) is 4.87. The second kappa shape index (κ2) is 19.7. The van der Waals surface area contributed by atoms with Crippen molar-refractivity contribution in [2.45, 2.75) is 57.3 Å². The predicted molar refractivity (Wildman–Crippen MR) is 192 cm³/mol. The second-order valence-electron chi connectivity index (χ2n) is 11.3. The first-order valence-corrected chi connectivity index (χ1v) is 16.0. The van der Waals surface area contributed by atoms with Crippen molar-refractivity contribution < 1.29 is 28.7 Å². The third kappa shape index (κ3) is 12.9. The van der Waals surface area contributed by atoms with Crippen LogP contribution in [-0.4, -0.2) is 74.1 Å². The molecule has 3 rings (SSSR count). The van der Waals surface area contributed by atoms with Crippen LogP contribution in [0.1, 0.15) is 38.2 Å². The number of imide groups is 1. The molecule has 0 aromatic heterocycles. The SMILES string of the molecule is COc1cc(N[C@@H](CCCN=C(N)N)C(=O)NC(=O)[C@H](CCCN=C(N)N)NC(=O)[C@H](C)NC(=O)OCc2ccccc2)cc2ccccc12. The molecule has 0 aliphatic heterocycles. The van der Waals surface area contributed by atoms with Crippen LogP contribution in [0.2, 0.25) is 0 Å². The van der Waals surface area contributed by atoms with Gasteiger partial charge in [-0.25, -0.2) is 4.79 Å². The number of nitrogens with zero attached hydrogens (tertiary/aromatic N) is 2. The van der Waals surface area contributed by atoms with Gasteiger partial charge in [0.2, 0.25) is 17.7 Å². The highest BCUT2D eigenvalue weighted by molar-refractivity contribution is 6.02. The normalized spacial score (nSPS) is 12.4. The van der Waals surface area contributed by atoms with Gasteiger partial charge in [-0.15, -0.1) is 0 Å². The Morgan fingerprint density at radius 1 is 0.760 bits per heavy atom. The number of rotatable bonds is 18. The Balaban J connectivity index is 1.73. The molecule has 3 aromatic carbocycles. The predicted octanol–water partition coefficient (Wildman–Crippen LogP) is 1.18. The smallest absolute Gasteiger partial charge is 0.408 e. The first-order chi connectivity index (χ1) is 24.0. The van der Waals surface area contributed by atoms with Crippen LogP contribution >= 0.6 is 0 Å². The van der Waals surface area contributed by atoms with Gasteiger partial charge in [0.05, 0.1) is 7.11 Å². The number of nitrogens with two attached hydrogens (primary N) is 4. The zero-order valence-corrected chi connectivity index (χ0v) is 28.2. The van der Waals surface area contributed by atoms with Crippen molar-refractivity contribution in [2.24, 2.45) is 32.9 Å². The summed E-state index contributed by atoms with van der Waals surface area (Å²) >= 11 is 0. The van der Waals surface area contributed by atoms with Crippen LogP contribution in [0.5, 0.6) is 5.75 Å². The lowest BCUT2D eigenvalue weighted by molar-refractivity contribution is -0.135. The van der Waals surface area contributed by atoms with Crippen molar-refractivity contribution in [2.75, 3.05) is 25.5 Å². The number of methoxy groups -OCH3 is 1. The number of ether oxygens (including phenoxy) is 2. The van der Waals surface area contributed by atoms with Gasteiger partial charge in [-0.3, -0.25) is 29.7 Å². The largest absolute Gasteiger partial charge is 0.496 e. The van der Waals surface area contributed by atoms with Crippen molar-refractivity contribution >= 4 is 52.2 Å². The number of nitrogens with one attached hydrogen (secondary N) is 4. The average molecular weight is 691 g/mol. The monoisotopic (exact) mass is 690 g/mol. The number of carbonyl (C=O) groups is 4. The average Bonchev–Trinajstić information content (AvgIpc) is 3.09. The molecule has 4 amide bonds. The zero-order chi connectivity index (χ0) is 36.5. The van der Waals surface area contributed by atoms with Crippen LogP contribution in [0, 0.1) is 0 Å². The summed E-state index contributed by atoms with van der Waals surface area (Å²) in [6.07, 6.45) is 0.211. The van der Waals surface area contributed by atoms with Crippen molar-refractivity contribution in [3.8, 4) is 5.75 Å². The van der Waals surface area contributed by atoms with E-state index in [0.29, 0.717) is 24.3 Å². The van der Waals surface area contributed by atoms with Crippen molar-refractivity contribution in [3.63, 3.8) is 0 Å². The maximum absolute atomic E-state index is 13.6. The summed E-state index contributed by atoms with van der Waals surface area (Å²) in [5, 5.41) is 12.4. The molecule has 0 unspecified atom stereocenters. The van der Waals surface area contributed by atoms with E-state index in [1.165, 1.54) is 6.92 Å². The molecule has 16 heteroatoms. The van der Waals surface area contributed by atoms with Gasteiger partial charge < -0.3 is 48.4 Å². The van der Waals surface area contributed by atoms with E-state index in [4.69, 9.17) is 32.4 Å². The molecule has 0 spiro atoms. The molecule has 0 radical (unpaired) electrons. The molecule has 50 heavy (non-hydrogen) atoms. The molecule has 16 nitrogen and oxygen atoms in total. The Morgan fingerprint density at radius 2 is 1.36 bits per heavy atom. The molecule has 12 N–H and O–H groups in total. The second-order valence-corrected chi connectivity index (χ2v) is 11.3. The van der Waals surface area contributed by atoms with Gasteiger partial charge in [0, 0.05) is 30.2 Å². The van der Waals surface area contributed by atoms with E-state index in [9.17, 15) is 19.2 Å². The molecular weight excluding hydrogens is 644 g/mol. The highest BCUT2D eigenvalue weighted by atomic mass is 16.5. The van der Waals surface area contributed by atoms with Crippen molar-refractivity contribution in [3.05, 3.63) is 72.3 Å². The molecule has 0 aliphatic carbocycles. The van der Waals surface area contributed by atoms with Gasteiger partial charge >= 0.3 is 6.09 Å². The fourth-order valence-corrected chi connectivity index (χ4v) is 4.87. The zero-order valence-electron chi connectivity index (χ0n) is 28.2. The highest BCUT2D eigenvalue weighted by Crippen LogP contribution is 2.30. The Bertz CT molecular complexity index is 1660. The Labute approximate surface area is 290 Å². The highest BCUT2D eigenvalue weighted by Gasteiger charge is 2.28. The van der Waals surface area contributed by atoms with Gasteiger partial charge in [-0.05, 0) is 49.6 Å². The van der Waals surface area contributed by atoms with Crippen LogP contribution < -0.4 is 48.9 Å². The molecule has 0 fully saturated rings. The minimum atomic E-state index is -1.17. The number of hydrogen-bond acceptors (Lipinski definition) is 9. The van der Waals surface area contributed by atoms with Gasteiger partial charge in [0.25, 0.3) is 0 Å². The quantitative estimate of drug-likeness (QED) is 0.0534. The van der Waals surface area contributed by atoms with E-state index < -0.39 is 41.9 Å². The van der Waals surface area contributed by atoms with Crippen LogP contribution in [0.4, 0.5) is 10.5 Å². The van der Waals surface area contributed by atoms with E-state index >= 15 is 0 Å². The number of aliphatic imine (C=N–C) groups is 2. The molecule has 268 valence electrons. The summed E-state index contributed by atoms with van der Waals surface area (Å²) in [6, 6.07) is 17.1. The number of guanidine groups is 2. The lowest BCUT2D eigenvalue weighted by Crippen LogP contribution is -2.55. The molecule has 0 saturated carbocycles. The maximum atomic E-state index is 13.6. The molecule has 3 atom stereocenters. The van der Waals surface area contributed by atoms with E-state index in [0.717, 1.165) is 16.3 Å². The van der Waals surface area contributed by atoms with Gasteiger partial charge in [0.1, 0.15) is 30.5 Å². The Kier molecular flexibility index (Phi) is 15.1. The number of benzene rings is 3. The summed E-state index contributed by atoms with van der Waals surface area (Å²) in [4.78, 5) is 60.5. The molecule has 0 heterocycles. The maximum Gasteiger partial charge on any atom is 0.408 e. The summed E-state index contributed by atoms with van der Waals surface area (Å²) < 4.78 is 10.8. The summed E-state index contributed by atoms with van der Waals surface area (Å²) in [5.41, 5.74) is 23.1. The fraction of sp³-hybridized carbons (Fsp3) is 0.353. The minimum absolute atomic E-state index is 0.00604. The first-order valence-electron chi connectivity index (χ1n) is 16.0. The molecule has 3 aromatic rings. The topological polar surface area (TPSA) is 264 Å². The standard InChI is InChI=1S/C34H46N10O6/c1-21(41-34(48)50-20-22-10-4-3-5-11-22)29(45)43-27(15-9-17-40-33(37)38)31(47)44-30(46)26(14-8-16-39-32(35)36)42-24-18-23-12-6-7-13-25(23)28(19-24)49-2/h3-7,10-13,18-19,21,26-27,42H,8-9,14-17,20H2,1-2H3,(H,41,48)(H,43,45)(H4,35,36,39)(H4,37,38,40)(H,44,46,47)/t21-,26-,27-/m0/s1. The number of alkyl carbamates (subject to hydrolysis) is 1. The van der Waals surface area contributed by atoms with Crippen LogP contribution in [-0.2, 0) is 25.7 Å². The number of carbonyl (C=O) groups excluding carboxylic acids is 4. The van der Waals surface area contributed by atoms with Crippen LogP contribution in [0.15, 0.2) is 76.7 Å². The lowest BCUT2D eigenvalue weighted by Gasteiger charge is -2.23.